The molecule has 0 N–H and O–H groups in total. The molecule has 0 amide bonds. The van der Waals surface area contributed by atoms with E-state index in [2.05, 4.69) is 0 Å². The molecule has 2 fully saturated rings. The van der Waals surface area contributed by atoms with Crippen molar-refractivity contribution in [2.45, 2.75) is 39.6 Å². The number of ether oxygens (including phenoxy) is 3. The highest BCUT2D eigenvalue weighted by atomic mass is 16.7. The molecule has 2 aliphatic heterocycles. The normalized spacial score (nSPS) is 35.3. The Balaban J connectivity index is 1.93. The lowest BCUT2D eigenvalue weighted by atomic mass is 9.96. The second-order valence-corrected chi connectivity index (χ2v) is 5.22. The molecule has 3 atom stereocenters. The standard InChI is InChI=1S/C11H18O4/c1-11(2,3)10(12)15-8-6-14-9-7(8)4-5-13-9/h7-9H,4-6H2,1-3H3. The summed E-state index contributed by atoms with van der Waals surface area (Å²) in [5, 5.41) is 0. The van der Waals surface area contributed by atoms with E-state index in [4.69, 9.17) is 14.2 Å². The molecule has 4 heteroatoms. The van der Waals surface area contributed by atoms with Crippen LogP contribution in [-0.2, 0) is 19.0 Å². The minimum absolute atomic E-state index is 0.121. The monoisotopic (exact) mass is 214 g/mol. The zero-order chi connectivity index (χ0) is 11.1. The first-order chi connectivity index (χ1) is 6.98. The van der Waals surface area contributed by atoms with Crippen molar-refractivity contribution in [3.8, 4) is 0 Å². The van der Waals surface area contributed by atoms with Crippen LogP contribution in [0.15, 0.2) is 0 Å². The Labute approximate surface area is 89.9 Å². The van der Waals surface area contributed by atoms with Crippen molar-refractivity contribution in [3.63, 3.8) is 0 Å². The zero-order valence-electron chi connectivity index (χ0n) is 9.49. The van der Waals surface area contributed by atoms with Crippen molar-refractivity contribution in [1.29, 1.82) is 0 Å². The van der Waals surface area contributed by atoms with Gasteiger partial charge in [-0.05, 0) is 27.2 Å². The van der Waals surface area contributed by atoms with Crippen molar-refractivity contribution in [2.75, 3.05) is 13.2 Å². The van der Waals surface area contributed by atoms with E-state index in [1.54, 1.807) is 0 Å². The van der Waals surface area contributed by atoms with Gasteiger partial charge in [0.1, 0.15) is 6.10 Å². The number of fused-ring (bicyclic) bond motifs is 1. The van der Waals surface area contributed by atoms with Gasteiger partial charge in [-0.1, -0.05) is 0 Å². The van der Waals surface area contributed by atoms with Crippen molar-refractivity contribution < 1.29 is 19.0 Å². The van der Waals surface area contributed by atoms with Crippen LogP contribution in [0.25, 0.3) is 0 Å². The second kappa shape index (κ2) is 3.76. The van der Waals surface area contributed by atoms with Crippen LogP contribution in [0.4, 0.5) is 0 Å². The molecule has 0 bridgehead atoms. The highest BCUT2D eigenvalue weighted by Gasteiger charge is 2.44. The lowest BCUT2D eigenvalue weighted by Crippen LogP contribution is -2.32. The van der Waals surface area contributed by atoms with Gasteiger partial charge in [0.05, 0.1) is 24.5 Å². The number of carbonyl (C=O) groups excluding carboxylic acids is 1. The maximum Gasteiger partial charge on any atom is 0.311 e. The topological polar surface area (TPSA) is 44.8 Å². The smallest absolute Gasteiger partial charge is 0.311 e. The summed E-state index contributed by atoms with van der Waals surface area (Å²) in [6.07, 6.45) is 0.652. The number of esters is 1. The maximum atomic E-state index is 11.7. The van der Waals surface area contributed by atoms with Gasteiger partial charge < -0.3 is 14.2 Å². The van der Waals surface area contributed by atoms with E-state index in [1.807, 2.05) is 20.8 Å². The van der Waals surface area contributed by atoms with Crippen LogP contribution < -0.4 is 0 Å². The average Bonchev–Trinajstić information content (AvgIpc) is 2.67. The summed E-state index contributed by atoms with van der Waals surface area (Å²) in [7, 11) is 0. The molecule has 0 aliphatic carbocycles. The fourth-order valence-corrected chi connectivity index (χ4v) is 1.86. The lowest BCUT2D eigenvalue weighted by Gasteiger charge is -2.22. The van der Waals surface area contributed by atoms with Crippen LogP contribution in [-0.4, -0.2) is 31.6 Å². The van der Waals surface area contributed by atoms with E-state index < -0.39 is 5.41 Å². The molecule has 2 heterocycles. The third-order valence-electron chi connectivity index (χ3n) is 2.86. The molecule has 4 nitrogen and oxygen atoms in total. The first-order valence-electron chi connectivity index (χ1n) is 5.43. The molecule has 15 heavy (non-hydrogen) atoms. The Morgan fingerprint density at radius 1 is 1.33 bits per heavy atom. The molecular formula is C11H18O4. The van der Waals surface area contributed by atoms with Gasteiger partial charge in [-0.3, -0.25) is 4.79 Å². The lowest BCUT2D eigenvalue weighted by molar-refractivity contribution is -0.160. The summed E-state index contributed by atoms with van der Waals surface area (Å²) in [5.41, 5.74) is -0.447. The van der Waals surface area contributed by atoms with Crippen molar-refractivity contribution in [3.05, 3.63) is 0 Å². The van der Waals surface area contributed by atoms with E-state index in [9.17, 15) is 4.79 Å². The second-order valence-electron chi connectivity index (χ2n) is 5.22. The molecule has 86 valence electrons. The Morgan fingerprint density at radius 3 is 2.73 bits per heavy atom. The van der Waals surface area contributed by atoms with Gasteiger partial charge in [-0.25, -0.2) is 0 Å². The third kappa shape index (κ3) is 2.16. The van der Waals surface area contributed by atoms with Gasteiger partial charge in [0.2, 0.25) is 0 Å². The molecule has 0 spiro atoms. The average molecular weight is 214 g/mol. The number of hydrogen-bond donors (Lipinski definition) is 0. The van der Waals surface area contributed by atoms with Crippen molar-refractivity contribution in [1.82, 2.24) is 0 Å². The van der Waals surface area contributed by atoms with E-state index in [-0.39, 0.29) is 24.3 Å². The fraction of sp³-hybridized carbons (Fsp3) is 0.909. The summed E-state index contributed by atoms with van der Waals surface area (Å²) in [4.78, 5) is 11.7. The van der Waals surface area contributed by atoms with E-state index in [1.165, 1.54) is 0 Å². The Kier molecular flexibility index (Phi) is 2.73. The summed E-state index contributed by atoms with van der Waals surface area (Å²) < 4.78 is 16.2. The molecule has 2 saturated heterocycles. The first-order valence-corrected chi connectivity index (χ1v) is 5.43. The van der Waals surface area contributed by atoms with Crippen LogP contribution in [0.5, 0.6) is 0 Å². The van der Waals surface area contributed by atoms with Gasteiger partial charge in [-0.15, -0.1) is 0 Å². The number of rotatable bonds is 1. The van der Waals surface area contributed by atoms with Crippen LogP contribution in [0.2, 0.25) is 0 Å². The minimum Gasteiger partial charge on any atom is -0.459 e. The van der Waals surface area contributed by atoms with Crippen LogP contribution in [0.3, 0.4) is 0 Å². The van der Waals surface area contributed by atoms with Crippen molar-refractivity contribution in [2.24, 2.45) is 11.3 Å². The van der Waals surface area contributed by atoms with Crippen LogP contribution in [0.1, 0.15) is 27.2 Å². The zero-order valence-corrected chi connectivity index (χ0v) is 9.49. The molecule has 0 aromatic carbocycles. The summed E-state index contributed by atoms with van der Waals surface area (Å²) in [6, 6.07) is 0. The third-order valence-corrected chi connectivity index (χ3v) is 2.86. The van der Waals surface area contributed by atoms with Crippen LogP contribution >= 0.6 is 0 Å². The highest BCUT2D eigenvalue weighted by Crippen LogP contribution is 2.34. The summed E-state index contributed by atoms with van der Waals surface area (Å²) >= 11 is 0. The Bertz CT molecular complexity index is 256. The number of carbonyl (C=O) groups is 1. The van der Waals surface area contributed by atoms with Gasteiger partial charge in [0.25, 0.3) is 0 Å². The molecule has 0 aromatic rings. The minimum atomic E-state index is -0.447. The van der Waals surface area contributed by atoms with Crippen molar-refractivity contribution >= 4 is 5.97 Å². The van der Waals surface area contributed by atoms with E-state index in [0.29, 0.717) is 13.2 Å². The molecule has 2 rings (SSSR count). The maximum absolute atomic E-state index is 11.7. The van der Waals surface area contributed by atoms with Gasteiger partial charge in [-0.2, -0.15) is 0 Å². The molecule has 0 radical (unpaired) electrons. The predicted molar refractivity (Wildman–Crippen MR) is 53.1 cm³/mol. The highest BCUT2D eigenvalue weighted by molar-refractivity contribution is 5.75. The summed E-state index contributed by atoms with van der Waals surface area (Å²) in [6.45, 7) is 6.74. The fourth-order valence-electron chi connectivity index (χ4n) is 1.86. The molecule has 0 aromatic heterocycles. The largest absolute Gasteiger partial charge is 0.459 e. The van der Waals surface area contributed by atoms with Crippen LogP contribution in [0, 0.1) is 11.3 Å². The Morgan fingerprint density at radius 2 is 2.07 bits per heavy atom. The first kappa shape index (κ1) is 10.9. The molecule has 3 unspecified atom stereocenters. The SMILES string of the molecule is CC(C)(C)C(=O)OC1COC2OCCC12. The quantitative estimate of drug-likeness (QED) is 0.618. The van der Waals surface area contributed by atoms with Gasteiger partial charge in [0, 0.05) is 0 Å². The van der Waals surface area contributed by atoms with Gasteiger partial charge in [0.15, 0.2) is 6.29 Å². The molecule has 2 aliphatic rings. The molecular weight excluding hydrogens is 196 g/mol. The molecule has 0 saturated carbocycles. The van der Waals surface area contributed by atoms with Gasteiger partial charge >= 0.3 is 5.97 Å². The van der Waals surface area contributed by atoms with E-state index in [0.717, 1.165) is 6.42 Å². The summed E-state index contributed by atoms with van der Waals surface area (Å²) in [5.74, 6) is 0.0694. The Hall–Kier alpha value is -0.610. The van der Waals surface area contributed by atoms with E-state index >= 15 is 0 Å². The number of hydrogen-bond acceptors (Lipinski definition) is 4. The predicted octanol–water partition coefficient (Wildman–Crippen LogP) is 1.34.